The Hall–Kier alpha value is -1.30. The molecule has 1 heterocycles. The molecule has 0 aromatic heterocycles. The Balaban J connectivity index is 1.91. The lowest BCUT2D eigenvalue weighted by Gasteiger charge is -2.55. The summed E-state index contributed by atoms with van der Waals surface area (Å²) in [6, 6.07) is 0.376. The second-order valence-corrected chi connectivity index (χ2v) is 7.42. The van der Waals surface area contributed by atoms with E-state index in [0.717, 1.165) is 64.3 Å². The standard InChI is InChI=1S/C20H38N4O2/c1-5-20(6-2)16(15-17(20)26-8-4)23-19(21-7-3)22-12-11-18(25)24-13-9-10-14-24/h16-17H,5-15H2,1-4H3,(H2,21,22,23). The molecule has 6 heteroatoms. The molecule has 2 unspecified atom stereocenters. The molecule has 1 saturated carbocycles. The summed E-state index contributed by atoms with van der Waals surface area (Å²) in [4.78, 5) is 18.8. The monoisotopic (exact) mass is 366 g/mol. The maximum absolute atomic E-state index is 12.2. The van der Waals surface area contributed by atoms with Crippen molar-refractivity contribution in [2.45, 2.75) is 78.4 Å². The third-order valence-electron chi connectivity index (χ3n) is 6.18. The van der Waals surface area contributed by atoms with Crippen LogP contribution >= 0.6 is 0 Å². The summed E-state index contributed by atoms with van der Waals surface area (Å²) < 4.78 is 5.97. The van der Waals surface area contributed by atoms with Crippen LogP contribution in [-0.2, 0) is 9.53 Å². The number of nitrogens with one attached hydrogen (secondary N) is 2. The largest absolute Gasteiger partial charge is 0.378 e. The van der Waals surface area contributed by atoms with E-state index >= 15 is 0 Å². The predicted octanol–water partition coefficient (Wildman–Crippen LogP) is 2.54. The van der Waals surface area contributed by atoms with Gasteiger partial charge in [-0.1, -0.05) is 13.8 Å². The topological polar surface area (TPSA) is 66.0 Å². The fourth-order valence-electron chi connectivity index (χ4n) is 4.46. The lowest BCUT2D eigenvalue weighted by Crippen LogP contribution is -2.65. The van der Waals surface area contributed by atoms with Crippen molar-refractivity contribution in [1.29, 1.82) is 0 Å². The van der Waals surface area contributed by atoms with Gasteiger partial charge in [0.15, 0.2) is 5.96 Å². The van der Waals surface area contributed by atoms with Gasteiger partial charge in [-0.2, -0.15) is 0 Å². The van der Waals surface area contributed by atoms with E-state index in [4.69, 9.17) is 4.74 Å². The molecular weight excluding hydrogens is 328 g/mol. The molecule has 2 N–H and O–H groups in total. The van der Waals surface area contributed by atoms with Crippen LogP contribution in [0.15, 0.2) is 4.99 Å². The molecule has 6 nitrogen and oxygen atoms in total. The van der Waals surface area contributed by atoms with E-state index in [-0.39, 0.29) is 11.3 Å². The van der Waals surface area contributed by atoms with Crippen LogP contribution in [-0.4, -0.2) is 61.7 Å². The fraction of sp³-hybridized carbons (Fsp3) is 0.900. The number of guanidine groups is 1. The number of carbonyl (C=O) groups excluding carboxylic acids is 1. The number of aliphatic imine (C=N–C) groups is 1. The molecule has 2 rings (SSSR count). The van der Waals surface area contributed by atoms with Gasteiger partial charge in [-0.25, -0.2) is 0 Å². The Kier molecular flexibility index (Phi) is 8.19. The number of carbonyl (C=O) groups is 1. The summed E-state index contributed by atoms with van der Waals surface area (Å²) >= 11 is 0. The van der Waals surface area contributed by atoms with Gasteiger partial charge in [-0.15, -0.1) is 0 Å². The van der Waals surface area contributed by atoms with Gasteiger partial charge in [0.05, 0.1) is 12.6 Å². The second kappa shape index (κ2) is 10.1. The van der Waals surface area contributed by atoms with Crippen molar-refractivity contribution in [2.75, 3.05) is 32.8 Å². The van der Waals surface area contributed by atoms with Crippen molar-refractivity contribution in [2.24, 2.45) is 10.4 Å². The summed E-state index contributed by atoms with van der Waals surface area (Å²) in [6.07, 6.45) is 6.31. The smallest absolute Gasteiger partial charge is 0.224 e. The van der Waals surface area contributed by atoms with Crippen LogP contribution in [0.2, 0.25) is 0 Å². The first-order valence-corrected chi connectivity index (χ1v) is 10.5. The molecule has 26 heavy (non-hydrogen) atoms. The fourth-order valence-corrected chi connectivity index (χ4v) is 4.46. The molecule has 1 aliphatic carbocycles. The number of hydrogen-bond donors (Lipinski definition) is 2. The van der Waals surface area contributed by atoms with Crippen molar-refractivity contribution in [1.82, 2.24) is 15.5 Å². The van der Waals surface area contributed by atoms with Crippen LogP contribution in [0, 0.1) is 5.41 Å². The summed E-state index contributed by atoms with van der Waals surface area (Å²) in [6.45, 7) is 12.6. The Morgan fingerprint density at radius 2 is 1.88 bits per heavy atom. The molecule has 1 aliphatic heterocycles. The highest BCUT2D eigenvalue weighted by molar-refractivity contribution is 5.81. The van der Waals surface area contributed by atoms with Gasteiger partial charge < -0.3 is 20.3 Å². The average molecular weight is 367 g/mol. The summed E-state index contributed by atoms with van der Waals surface area (Å²) in [7, 11) is 0. The van der Waals surface area contributed by atoms with Crippen LogP contribution in [0.3, 0.4) is 0 Å². The average Bonchev–Trinajstić information content (AvgIpc) is 3.16. The van der Waals surface area contributed by atoms with Crippen molar-refractivity contribution < 1.29 is 9.53 Å². The minimum Gasteiger partial charge on any atom is -0.378 e. The van der Waals surface area contributed by atoms with E-state index in [1.165, 1.54) is 0 Å². The van der Waals surface area contributed by atoms with Crippen molar-refractivity contribution in [3.63, 3.8) is 0 Å². The van der Waals surface area contributed by atoms with Crippen molar-refractivity contribution in [3.05, 3.63) is 0 Å². The highest BCUT2D eigenvalue weighted by Crippen LogP contribution is 2.48. The Morgan fingerprint density at radius 3 is 2.46 bits per heavy atom. The summed E-state index contributed by atoms with van der Waals surface area (Å²) in [5.41, 5.74) is 0.178. The van der Waals surface area contributed by atoms with E-state index in [1.807, 2.05) is 4.90 Å². The Bertz CT molecular complexity index is 470. The quantitative estimate of drug-likeness (QED) is 0.486. The SMILES string of the molecule is CCNC(=NCCC(=O)N1CCCC1)NC1CC(OCC)C1(CC)CC. The second-order valence-electron chi connectivity index (χ2n) is 7.42. The number of ether oxygens (including phenoxy) is 1. The number of rotatable bonds is 9. The lowest BCUT2D eigenvalue weighted by molar-refractivity contribution is -0.133. The molecule has 150 valence electrons. The summed E-state index contributed by atoms with van der Waals surface area (Å²) in [5, 5.41) is 6.94. The van der Waals surface area contributed by atoms with Crippen LogP contribution < -0.4 is 10.6 Å². The van der Waals surface area contributed by atoms with Gasteiger partial charge in [0.1, 0.15) is 0 Å². The van der Waals surface area contributed by atoms with Crippen LogP contribution in [0.4, 0.5) is 0 Å². The predicted molar refractivity (Wildman–Crippen MR) is 106 cm³/mol. The lowest BCUT2D eigenvalue weighted by atomic mass is 9.58. The van der Waals surface area contributed by atoms with E-state index in [0.29, 0.717) is 25.1 Å². The zero-order chi connectivity index (χ0) is 19.0. The highest BCUT2D eigenvalue weighted by atomic mass is 16.5. The molecule has 0 spiro atoms. The molecule has 1 saturated heterocycles. The third kappa shape index (κ3) is 4.70. The van der Waals surface area contributed by atoms with Crippen molar-refractivity contribution in [3.8, 4) is 0 Å². The van der Waals surface area contributed by atoms with Crippen LogP contribution in [0.25, 0.3) is 0 Å². The molecule has 2 atom stereocenters. The molecule has 1 amide bonds. The maximum Gasteiger partial charge on any atom is 0.224 e. The minimum absolute atomic E-state index is 0.178. The first kappa shape index (κ1) is 21.0. The van der Waals surface area contributed by atoms with E-state index < -0.39 is 0 Å². The first-order chi connectivity index (χ1) is 12.6. The number of likely N-dealkylation sites (tertiary alicyclic amines) is 1. The van der Waals surface area contributed by atoms with Crippen molar-refractivity contribution >= 4 is 11.9 Å². The normalized spacial score (nSPS) is 25.1. The Labute approximate surface area is 159 Å². The van der Waals surface area contributed by atoms with E-state index in [1.54, 1.807) is 0 Å². The summed E-state index contributed by atoms with van der Waals surface area (Å²) in [5.74, 6) is 1.06. The third-order valence-corrected chi connectivity index (χ3v) is 6.18. The molecule has 2 fully saturated rings. The van der Waals surface area contributed by atoms with Crippen LogP contribution in [0.1, 0.15) is 66.2 Å². The highest BCUT2D eigenvalue weighted by Gasteiger charge is 2.53. The molecule has 0 radical (unpaired) electrons. The molecule has 0 bridgehead atoms. The molecule has 2 aliphatic rings. The van der Waals surface area contributed by atoms with Gasteiger partial charge in [0.25, 0.3) is 0 Å². The minimum atomic E-state index is 0.178. The Morgan fingerprint density at radius 1 is 1.19 bits per heavy atom. The van der Waals surface area contributed by atoms with E-state index in [2.05, 4.69) is 43.3 Å². The molecule has 0 aromatic rings. The number of hydrogen-bond acceptors (Lipinski definition) is 3. The van der Waals surface area contributed by atoms with Gasteiger partial charge in [0, 0.05) is 44.1 Å². The van der Waals surface area contributed by atoms with E-state index in [9.17, 15) is 4.79 Å². The van der Waals surface area contributed by atoms with Gasteiger partial charge in [-0.3, -0.25) is 9.79 Å². The zero-order valence-electron chi connectivity index (χ0n) is 17.1. The maximum atomic E-state index is 12.2. The van der Waals surface area contributed by atoms with Crippen LogP contribution in [0.5, 0.6) is 0 Å². The van der Waals surface area contributed by atoms with Gasteiger partial charge in [0.2, 0.25) is 5.91 Å². The van der Waals surface area contributed by atoms with Gasteiger partial charge in [-0.05, 0) is 46.0 Å². The molecule has 0 aromatic carbocycles. The first-order valence-electron chi connectivity index (χ1n) is 10.5. The number of nitrogens with zero attached hydrogens (tertiary/aromatic N) is 2. The van der Waals surface area contributed by atoms with Gasteiger partial charge >= 0.3 is 0 Å². The number of amides is 1. The zero-order valence-corrected chi connectivity index (χ0v) is 17.1. The molecular formula is C20H38N4O2.